The number of aliphatic hydroxyl groups excluding tert-OH is 1. The zero-order valence-electron chi connectivity index (χ0n) is 6.80. The van der Waals surface area contributed by atoms with Crippen LogP contribution in [-0.4, -0.2) is 33.9 Å². The quantitative estimate of drug-likeness (QED) is 0.805. The van der Waals surface area contributed by atoms with E-state index in [0.717, 1.165) is 0 Å². The highest BCUT2D eigenvalue weighted by Crippen LogP contribution is 2.28. The minimum absolute atomic E-state index is 0.0876. The lowest BCUT2D eigenvalue weighted by atomic mass is 10.1. The first-order valence-electron chi connectivity index (χ1n) is 3.79. The maximum atomic E-state index is 9.67. The first kappa shape index (κ1) is 10.9. The second-order valence-electron chi connectivity index (χ2n) is 2.86. The molecule has 1 unspecified atom stereocenters. The SMILES string of the molecule is CC1(C(O)CC(Br)Br)OCCO1. The molecule has 0 radical (unpaired) electrons. The molecule has 0 aliphatic carbocycles. The normalized spacial score (nSPS) is 24.8. The van der Waals surface area contributed by atoms with E-state index in [1.807, 2.05) is 0 Å². The molecule has 0 spiro atoms. The van der Waals surface area contributed by atoms with Crippen LogP contribution in [0.2, 0.25) is 0 Å². The van der Waals surface area contributed by atoms with Crippen LogP contribution in [0.5, 0.6) is 0 Å². The fourth-order valence-electron chi connectivity index (χ4n) is 1.11. The van der Waals surface area contributed by atoms with Crippen molar-refractivity contribution in [2.24, 2.45) is 0 Å². The van der Waals surface area contributed by atoms with Crippen molar-refractivity contribution in [2.75, 3.05) is 13.2 Å². The van der Waals surface area contributed by atoms with Crippen molar-refractivity contribution in [1.29, 1.82) is 0 Å². The molecule has 0 aromatic heterocycles. The van der Waals surface area contributed by atoms with Gasteiger partial charge in [-0.15, -0.1) is 0 Å². The van der Waals surface area contributed by atoms with Crippen molar-refractivity contribution >= 4 is 31.9 Å². The third-order valence-electron chi connectivity index (χ3n) is 1.87. The van der Waals surface area contributed by atoms with Gasteiger partial charge < -0.3 is 14.6 Å². The average Bonchev–Trinajstić information content (AvgIpc) is 2.36. The summed E-state index contributed by atoms with van der Waals surface area (Å²) < 4.78 is 10.7. The van der Waals surface area contributed by atoms with E-state index in [4.69, 9.17) is 9.47 Å². The van der Waals surface area contributed by atoms with Gasteiger partial charge in [-0.2, -0.15) is 0 Å². The van der Waals surface area contributed by atoms with Gasteiger partial charge in [0.05, 0.1) is 17.0 Å². The van der Waals surface area contributed by atoms with Crippen LogP contribution < -0.4 is 0 Å². The van der Waals surface area contributed by atoms with E-state index in [-0.39, 0.29) is 3.74 Å². The Morgan fingerprint density at radius 3 is 2.33 bits per heavy atom. The number of ether oxygens (including phenoxy) is 2. The Morgan fingerprint density at radius 1 is 1.42 bits per heavy atom. The lowest BCUT2D eigenvalue weighted by Crippen LogP contribution is -2.41. The smallest absolute Gasteiger partial charge is 0.191 e. The number of halogens is 2. The summed E-state index contributed by atoms with van der Waals surface area (Å²) in [7, 11) is 0. The van der Waals surface area contributed by atoms with Crippen LogP contribution >= 0.6 is 31.9 Å². The molecule has 5 heteroatoms. The van der Waals surface area contributed by atoms with Crippen molar-refractivity contribution in [3.8, 4) is 0 Å². The van der Waals surface area contributed by atoms with Gasteiger partial charge in [-0.05, 0) is 6.92 Å². The van der Waals surface area contributed by atoms with Crippen molar-refractivity contribution in [3.05, 3.63) is 0 Å². The summed E-state index contributed by atoms with van der Waals surface area (Å²) in [6.07, 6.45) is -0.0556. The fourth-order valence-corrected chi connectivity index (χ4v) is 1.81. The Bertz CT molecular complexity index is 146. The Balaban J connectivity index is 2.44. The zero-order valence-corrected chi connectivity index (χ0v) is 9.97. The summed E-state index contributed by atoms with van der Waals surface area (Å²) in [6.45, 7) is 2.87. The minimum Gasteiger partial charge on any atom is -0.387 e. The summed E-state index contributed by atoms with van der Waals surface area (Å²) in [5.74, 6) is -0.820. The molecule has 72 valence electrons. The number of alkyl halides is 2. The van der Waals surface area contributed by atoms with Gasteiger partial charge >= 0.3 is 0 Å². The fraction of sp³-hybridized carbons (Fsp3) is 1.00. The molecule has 12 heavy (non-hydrogen) atoms. The average molecular weight is 304 g/mol. The Kier molecular flexibility index (Phi) is 3.98. The summed E-state index contributed by atoms with van der Waals surface area (Å²) >= 11 is 6.58. The number of hydrogen-bond acceptors (Lipinski definition) is 3. The van der Waals surface area contributed by atoms with Gasteiger partial charge in [0, 0.05) is 6.42 Å². The highest BCUT2D eigenvalue weighted by atomic mass is 79.9. The molecule has 1 fully saturated rings. The van der Waals surface area contributed by atoms with Gasteiger partial charge in [-0.25, -0.2) is 0 Å². The minimum atomic E-state index is -0.820. The second kappa shape index (κ2) is 4.37. The molecule has 0 aromatic rings. The Labute approximate surface area is 88.7 Å². The van der Waals surface area contributed by atoms with Crippen molar-refractivity contribution in [2.45, 2.75) is 29.0 Å². The zero-order chi connectivity index (χ0) is 9.19. The molecule has 1 saturated heterocycles. The molecular formula is C7H12Br2O3. The molecule has 0 amide bonds. The lowest BCUT2D eigenvalue weighted by molar-refractivity contribution is -0.207. The largest absolute Gasteiger partial charge is 0.387 e. The van der Waals surface area contributed by atoms with Gasteiger partial charge in [0.15, 0.2) is 5.79 Å². The van der Waals surface area contributed by atoms with Crippen LogP contribution in [0.3, 0.4) is 0 Å². The third-order valence-corrected chi connectivity index (χ3v) is 2.62. The molecule has 1 N–H and O–H groups in total. The standard InChI is InChI=1S/C7H12Br2O3/c1-7(11-2-3-12-7)5(10)4-6(8)9/h5-6,10H,2-4H2,1H3. The van der Waals surface area contributed by atoms with Crippen LogP contribution in [0, 0.1) is 0 Å². The molecule has 3 nitrogen and oxygen atoms in total. The number of rotatable bonds is 3. The maximum Gasteiger partial charge on any atom is 0.191 e. The molecule has 1 aliphatic heterocycles. The Hall–Kier alpha value is 0.840. The predicted octanol–water partition coefficient (Wildman–Crippen LogP) is 1.62. The van der Waals surface area contributed by atoms with Crippen LogP contribution in [0.1, 0.15) is 13.3 Å². The van der Waals surface area contributed by atoms with Crippen molar-refractivity contribution in [3.63, 3.8) is 0 Å². The van der Waals surface area contributed by atoms with Crippen molar-refractivity contribution < 1.29 is 14.6 Å². The van der Waals surface area contributed by atoms with E-state index in [1.54, 1.807) is 6.92 Å². The van der Waals surface area contributed by atoms with Gasteiger partial charge in [0.1, 0.15) is 6.10 Å². The first-order chi connectivity index (χ1) is 5.54. The van der Waals surface area contributed by atoms with E-state index >= 15 is 0 Å². The van der Waals surface area contributed by atoms with Gasteiger partial charge in [0.25, 0.3) is 0 Å². The Morgan fingerprint density at radius 2 is 1.92 bits per heavy atom. The van der Waals surface area contributed by atoms with E-state index in [1.165, 1.54) is 0 Å². The number of hydrogen-bond donors (Lipinski definition) is 1. The van der Waals surface area contributed by atoms with Crippen LogP contribution in [0.25, 0.3) is 0 Å². The summed E-state index contributed by atoms with van der Waals surface area (Å²) in [5.41, 5.74) is 0. The summed E-state index contributed by atoms with van der Waals surface area (Å²) in [6, 6.07) is 0. The molecule has 1 atom stereocenters. The lowest BCUT2D eigenvalue weighted by Gasteiger charge is -2.28. The molecule has 1 heterocycles. The van der Waals surface area contributed by atoms with Crippen LogP contribution in [-0.2, 0) is 9.47 Å². The van der Waals surface area contributed by atoms with Crippen LogP contribution in [0.4, 0.5) is 0 Å². The van der Waals surface area contributed by atoms with Gasteiger partial charge in [0.2, 0.25) is 0 Å². The van der Waals surface area contributed by atoms with E-state index in [9.17, 15) is 5.11 Å². The van der Waals surface area contributed by atoms with E-state index in [2.05, 4.69) is 31.9 Å². The van der Waals surface area contributed by atoms with E-state index < -0.39 is 11.9 Å². The van der Waals surface area contributed by atoms with Gasteiger partial charge in [-0.3, -0.25) is 0 Å². The molecule has 0 bridgehead atoms. The van der Waals surface area contributed by atoms with E-state index in [0.29, 0.717) is 19.6 Å². The maximum absolute atomic E-state index is 9.67. The molecule has 0 saturated carbocycles. The second-order valence-corrected chi connectivity index (χ2v) is 6.29. The molecule has 0 aromatic carbocycles. The summed E-state index contributed by atoms with van der Waals surface area (Å²) in [5, 5.41) is 9.67. The van der Waals surface area contributed by atoms with Crippen LogP contribution in [0.15, 0.2) is 0 Å². The number of aliphatic hydroxyl groups is 1. The molecule has 1 rings (SSSR count). The first-order valence-corrected chi connectivity index (χ1v) is 5.62. The predicted molar refractivity (Wildman–Crippen MR) is 52.6 cm³/mol. The third kappa shape index (κ3) is 2.67. The highest BCUT2D eigenvalue weighted by molar-refractivity contribution is 9.24. The highest BCUT2D eigenvalue weighted by Gasteiger charge is 2.39. The monoisotopic (exact) mass is 302 g/mol. The van der Waals surface area contributed by atoms with Crippen molar-refractivity contribution in [1.82, 2.24) is 0 Å². The molecule has 1 aliphatic rings. The topological polar surface area (TPSA) is 38.7 Å². The molecular weight excluding hydrogens is 292 g/mol. The summed E-state index contributed by atoms with van der Waals surface area (Å²) in [4.78, 5) is 0. The van der Waals surface area contributed by atoms with Gasteiger partial charge in [-0.1, -0.05) is 31.9 Å².